The fourth-order valence-corrected chi connectivity index (χ4v) is 3.03. The zero-order valence-electron chi connectivity index (χ0n) is 12.6. The van der Waals surface area contributed by atoms with Crippen molar-refractivity contribution in [3.05, 3.63) is 22.4 Å². The highest BCUT2D eigenvalue weighted by Gasteiger charge is 1.94. The van der Waals surface area contributed by atoms with E-state index in [1.54, 1.807) is 11.3 Å². The van der Waals surface area contributed by atoms with E-state index in [2.05, 4.69) is 29.1 Å². The van der Waals surface area contributed by atoms with E-state index in [9.17, 15) is 0 Å². The Morgan fingerprint density at radius 1 is 0.895 bits per heavy atom. The number of nitrogens with one attached hydrogen (secondary N) is 1. The second kappa shape index (κ2) is 12.7. The average molecular weight is 282 g/mol. The molecular formula is C17H31NS. The van der Waals surface area contributed by atoms with Crippen LogP contribution in [0.2, 0.25) is 0 Å². The quantitative estimate of drug-likeness (QED) is 0.453. The molecule has 1 aromatic rings. The van der Waals surface area contributed by atoms with Crippen LogP contribution >= 0.6 is 11.3 Å². The largest absolute Gasteiger partial charge is 0.313 e. The van der Waals surface area contributed by atoms with Crippen molar-refractivity contribution in [2.24, 2.45) is 0 Å². The predicted molar refractivity (Wildman–Crippen MR) is 87.9 cm³/mol. The predicted octanol–water partition coefficient (Wildman–Crippen LogP) is 5.76. The maximum atomic E-state index is 3.52. The van der Waals surface area contributed by atoms with E-state index >= 15 is 0 Å². The summed E-state index contributed by atoms with van der Waals surface area (Å²) < 4.78 is 0. The maximum Gasteiger partial charge on any atom is 0.0213 e. The molecule has 0 aliphatic rings. The van der Waals surface area contributed by atoms with Crippen LogP contribution in [-0.4, -0.2) is 6.54 Å². The molecule has 1 rings (SSSR count). The minimum atomic E-state index is 1.04. The van der Waals surface area contributed by atoms with Crippen LogP contribution in [0.4, 0.5) is 0 Å². The highest BCUT2D eigenvalue weighted by molar-refractivity contribution is 7.07. The number of hydrogen-bond acceptors (Lipinski definition) is 2. The maximum absolute atomic E-state index is 3.52. The highest BCUT2D eigenvalue weighted by atomic mass is 32.1. The lowest BCUT2D eigenvalue weighted by Gasteiger charge is -2.04. The number of rotatable bonds is 13. The molecular weight excluding hydrogens is 250 g/mol. The van der Waals surface area contributed by atoms with Gasteiger partial charge in [0.05, 0.1) is 0 Å². The molecule has 0 fully saturated rings. The Hall–Kier alpha value is -0.340. The Kier molecular flexibility index (Phi) is 11.2. The zero-order valence-corrected chi connectivity index (χ0v) is 13.4. The van der Waals surface area contributed by atoms with Gasteiger partial charge in [0, 0.05) is 6.54 Å². The van der Waals surface area contributed by atoms with E-state index in [1.165, 1.54) is 76.3 Å². The van der Waals surface area contributed by atoms with E-state index in [0.717, 1.165) is 6.54 Å². The van der Waals surface area contributed by atoms with Crippen molar-refractivity contribution in [3.63, 3.8) is 0 Å². The van der Waals surface area contributed by atoms with Crippen molar-refractivity contribution < 1.29 is 0 Å². The normalized spacial score (nSPS) is 11.0. The first kappa shape index (κ1) is 16.7. The molecule has 0 amide bonds. The molecule has 0 saturated carbocycles. The van der Waals surface area contributed by atoms with Crippen LogP contribution in [0, 0.1) is 0 Å². The molecule has 0 bridgehead atoms. The summed E-state index contributed by atoms with van der Waals surface area (Å²) in [5.74, 6) is 0. The smallest absolute Gasteiger partial charge is 0.0213 e. The van der Waals surface area contributed by atoms with E-state index in [0.29, 0.717) is 0 Å². The fraction of sp³-hybridized carbons (Fsp3) is 0.765. The monoisotopic (exact) mass is 281 g/mol. The van der Waals surface area contributed by atoms with E-state index in [-0.39, 0.29) is 0 Å². The average Bonchev–Trinajstić information content (AvgIpc) is 2.93. The molecule has 0 unspecified atom stereocenters. The van der Waals surface area contributed by atoms with Crippen molar-refractivity contribution in [1.82, 2.24) is 5.32 Å². The second-order valence-electron chi connectivity index (χ2n) is 5.49. The third-order valence-electron chi connectivity index (χ3n) is 3.62. The van der Waals surface area contributed by atoms with E-state index in [1.807, 2.05) is 0 Å². The SMILES string of the molecule is CCCCCCCCCCCCNCc1ccsc1. The molecule has 1 heterocycles. The molecule has 1 nitrogen and oxygen atoms in total. The molecule has 1 N–H and O–H groups in total. The molecule has 19 heavy (non-hydrogen) atoms. The molecule has 1 aromatic heterocycles. The molecule has 0 aliphatic carbocycles. The van der Waals surface area contributed by atoms with Gasteiger partial charge >= 0.3 is 0 Å². The fourth-order valence-electron chi connectivity index (χ4n) is 2.36. The third kappa shape index (κ3) is 10.1. The molecule has 0 atom stereocenters. The summed E-state index contributed by atoms with van der Waals surface area (Å²) in [4.78, 5) is 0. The van der Waals surface area contributed by atoms with Crippen molar-refractivity contribution in [2.75, 3.05) is 6.54 Å². The second-order valence-corrected chi connectivity index (χ2v) is 6.27. The van der Waals surface area contributed by atoms with E-state index in [4.69, 9.17) is 0 Å². The third-order valence-corrected chi connectivity index (χ3v) is 4.35. The van der Waals surface area contributed by atoms with Crippen LogP contribution in [0.25, 0.3) is 0 Å². The summed E-state index contributed by atoms with van der Waals surface area (Å²) >= 11 is 1.78. The van der Waals surface area contributed by atoms with Gasteiger partial charge in [0.1, 0.15) is 0 Å². The first-order chi connectivity index (χ1) is 9.43. The van der Waals surface area contributed by atoms with Gasteiger partial charge in [-0.25, -0.2) is 0 Å². The van der Waals surface area contributed by atoms with Crippen molar-refractivity contribution in [2.45, 2.75) is 77.7 Å². The first-order valence-electron chi connectivity index (χ1n) is 8.15. The van der Waals surface area contributed by atoms with Crippen LogP contribution in [0.5, 0.6) is 0 Å². The van der Waals surface area contributed by atoms with Gasteiger partial charge in [-0.15, -0.1) is 0 Å². The highest BCUT2D eigenvalue weighted by Crippen LogP contribution is 2.10. The van der Waals surface area contributed by atoms with Gasteiger partial charge in [0.2, 0.25) is 0 Å². The summed E-state index contributed by atoms with van der Waals surface area (Å²) in [6.07, 6.45) is 14.2. The Labute approximate surface area is 123 Å². The van der Waals surface area contributed by atoms with E-state index < -0.39 is 0 Å². The molecule has 0 radical (unpaired) electrons. The van der Waals surface area contributed by atoms with Crippen molar-refractivity contribution in [1.29, 1.82) is 0 Å². The lowest BCUT2D eigenvalue weighted by Crippen LogP contribution is -2.13. The van der Waals surface area contributed by atoms with Crippen LogP contribution < -0.4 is 5.32 Å². The van der Waals surface area contributed by atoms with Gasteiger partial charge in [-0.05, 0) is 35.4 Å². The summed E-state index contributed by atoms with van der Waals surface area (Å²) in [6, 6.07) is 2.20. The standard InChI is InChI=1S/C17H31NS/c1-2-3-4-5-6-7-8-9-10-11-13-18-15-17-12-14-19-16-17/h12,14,16,18H,2-11,13,15H2,1H3. The number of thiophene rings is 1. The van der Waals surface area contributed by atoms with Crippen molar-refractivity contribution >= 4 is 11.3 Å². The number of unbranched alkanes of at least 4 members (excludes halogenated alkanes) is 9. The van der Waals surface area contributed by atoms with Gasteiger partial charge in [-0.2, -0.15) is 11.3 Å². The minimum Gasteiger partial charge on any atom is -0.313 e. The van der Waals surface area contributed by atoms with Gasteiger partial charge in [-0.1, -0.05) is 64.7 Å². The lowest BCUT2D eigenvalue weighted by molar-refractivity contribution is 0.543. The molecule has 110 valence electrons. The molecule has 2 heteroatoms. The van der Waals surface area contributed by atoms with Gasteiger partial charge < -0.3 is 5.32 Å². The summed E-state index contributed by atoms with van der Waals surface area (Å²) in [6.45, 7) is 4.50. The Bertz CT molecular complexity index is 269. The van der Waals surface area contributed by atoms with Gasteiger partial charge in [0.15, 0.2) is 0 Å². The van der Waals surface area contributed by atoms with Crippen LogP contribution in [0.15, 0.2) is 16.8 Å². The Morgan fingerprint density at radius 3 is 2.11 bits per heavy atom. The lowest BCUT2D eigenvalue weighted by atomic mass is 10.1. The summed E-state index contributed by atoms with van der Waals surface area (Å²) in [5.41, 5.74) is 1.43. The summed E-state index contributed by atoms with van der Waals surface area (Å²) in [5, 5.41) is 7.90. The molecule has 0 saturated heterocycles. The van der Waals surface area contributed by atoms with Gasteiger partial charge in [0.25, 0.3) is 0 Å². The zero-order chi connectivity index (χ0) is 13.6. The van der Waals surface area contributed by atoms with Crippen LogP contribution in [-0.2, 0) is 6.54 Å². The Morgan fingerprint density at radius 2 is 1.53 bits per heavy atom. The van der Waals surface area contributed by atoms with Gasteiger partial charge in [-0.3, -0.25) is 0 Å². The summed E-state index contributed by atoms with van der Waals surface area (Å²) in [7, 11) is 0. The van der Waals surface area contributed by atoms with Crippen LogP contribution in [0.3, 0.4) is 0 Å². The molecule has 0 spiro atoms. The minimum absolute atomic E-state index is 1.04. The Balaban J connectivity index is 1.72. The molecule has 0 aliphatic heterocycles. The van der Waals surface area contributed by atoms with Crippen molar-refractivity contribution in [3.8, 4) is 0 Å². The van der Waals surface area contributed by atoms with Crippen LogP contribution in [0.1, 0.15) is 76.7 Å². The molecule has 0 aromatic carbocycles. The number of hydrogen-bond donors (Lipinski definition) is 1. The topological polar surface area (TPSA) is 12.0 Å². The first-order valence-corrected chi connectivity index (χ1v) is 9.09.